The van der Waals surface area contributed by atoms with Gasteiger partial charge in [0.25, 0.3) is 5.69 Å². The Morgan fingerprint density at radius 3 is 2.51 bits per heavy atom. The van der Waals surface area contributed by atoms with Gasteiger partial charge < -0.3 is 9.72 Å². The molecule has 4 aromatic rings. The highest BCUT2D eigenvalue weighted by atomic mass is 79.9. The van der Waals surface area contributed by atoms with Gasteiger partial charge in [-0.1, -0.05) is 51.0 Å². The zero-order valence-electron chi connectivity index (χ0n) is 23.2. The summed E-state index contributed by atoms with van der Waals surface area (Å²) in [5.41, 5.74) is 1.90. The van der Waals surface area contributed by atoms with Crippen LogP contribution in [0.15, 0.2) is 81.0 Å². The van der Waals surface area contributed by atoms with Crippen molar-refractivity contribution >= 4 is 73.8 Å². The summed E-state index contributed by atoms with van der Waals surface area (Å²) in [4.78, 5) is 57.1. The van der Waals surface area contributed by atoms with Crippen LogP contribution in [0.1, 0.15) is 28.3 Å². The molecule has 9 nitrogen and oxygen atoms in total. The number of anilines is 1. The van der Waals surface area contributed by atoms with E-state index in [0.29, 0.717) is 33.5 Å². The minimum atomic E-state index is -0.498. The number of non-ortho nitro benzene ring substituents is 1. The topological polar surface area (TPSA) is 123 Å². The molecule has 3 aromatic carbocycles. The first-order valence-electron chi connectivity index (χ1n) is 14.4. The maximum absolute atomic E-state index is 14.0. The van der Waals surface area contributed by atoms with Crippen molar-refractivity contribution in [1.82, 2.24) is 4.98 Å². The molecule has 1 aromatic heterocycles. The number of amides is 2. The van der Waals surface area contributed by atoms with Gasteiger partial charge in [-0.15, -0.1) is 11.8 Å². The van der Waals surface area contributed by atoms with E-state index >= 15 is 0 Å². The molecule has 0 radical (unpaired) electrons. The molecular formula is C32H23BrClN3O6S2. The molecule has 7 atom stereocenters. The standard InChI is InChI=1S/C32H23BrClN3O6S2/c33-15-4-6-17(7-5-15)36-30(38)25-20-12-21(26(25)31(36)39)27-24(20)23(28-29(44-27)35-32(40)45-28)19-11-18(37(41)42)8-9-22(19)43-13-14-2-1-3-16(34)10-14/h1-11,20-21,23-27H,12-13H2,(H,35,40)/t20?,21?,23-,24?,25?,26?,27?/m1/s1. The molecule has 6 unspecified atom stereocenters. The minimum Gasteiger partial charge on any atom is -0.489 e. The van der Waals surface area contributed by atoms with Gasteiger partial charge in [-0.25, -0.2) is 0 Å². The third-order valence-corrected chi connectivity index (χ3v) is 13.0. The molecule has 2 aliphatic heterocycles. The number of thioether (sulfide) groups is 1. The molecule has 228 valence electrons. The zero-order valence-corrected chi connectivity index (χ0v) is 27.2. The lowest BCUT2D eigenvalue weighted by atomic mass is 9.68. The normalized spacial score (nSPS) is 27.8. The number of fused-ring (bicyclic) bond motifs is 9. The predicted molar refractivity (Wildman–Crippen MR) is 174 cm³/mol. The van der Waals surface area contributed by atoms with Crippen LogP contribution in [0.2, 0.25) is 5.02 Å². The molecule has 0 spiro atoms. The van der Waals surface area contributed by atoms with Gasteiger partial charge in [0, 0.05) is 43.2 Å². The number of benzene rings is 3. The van der Waals surface area contributed by atoms with E-state index in [2.05, 4.69) is 20.9 Å². The van der Waals surface area contributed by atoms with Gasteiger partial charge in [0.05, 0.1) is 27.5 Å². The Kier molecular flexibility index (Phi) is 6.97. The molecule has 13 heteroatoms. The lowest BCUT2D eigenvalue weighted by Gasteiger charge is -2.43. The average molecular weight is 725 g/mol. The average Bonchev–Trinajstić information content (AvgIpc) is 3.75. The van der Waals surface area contributed by atoms with E-state index in [1.807, 2.05) is 24.3 Å². The fourth-order valence-corrected chi connectivity index (χ4v) is 11.4. The highest BCUT2D eigenvalue weighted by Crippen LogP contribution is 2.69. The number of hydrogen-bond donors (Lipinski definition) is 1. The quantitative estimate of drug-likeness (QED) is 0.129. The van der Waals surface area contributed by atoms with Crippen LogP contribution in [0.25, 0.3) is 0 Å². The molecule has 3 heterocycles. The summed E-state index contributed by atoms with van der Waals surface area (Å²) in [5, 5.41) is 13.2. The number of nitro groups is 1. The second-order valence-corrected chi connectivity index (χ2v) is 15.4. The number of carbonyl (C=O) groups excluding carboxylic acids is 2. The first-order chi connectivity index (χ1) is 21.7. The molecule has 2 amide bonds. The van der Waals surface area contributed by atoms with Gasteiger partial charge in [0.1, 0.15) is 12.4 Å². The Morgan fingerprint density at radius 1 is 1.02 bits per heavy atom. The summed E-state index contributed by atoms with van der Waals surface area (Å²) < 4.78 is 7.17. The first-order valence-corrected chi connectivity index (χ1v) is 17.2. The van der Waals surface area contributed by atoms with Gasteiger partial charge in [0.2, 0.25) is 11.8 Å². The van der Waals surface area contributed by atoms with Crippen LogP contribution in [-0.4, -0.2) is 27.0 Å². The molecule has 3 fully saturated rings. The molecule has 4 aliphatic rings. The molecular weight excluding hydrogens is 702 g/mol. The van der Waals surface area contributed by atoms with Crippen LogP contribution in [-0.2, 0) is 16.2 Å². The lowest BCUT2D eigenvalue weighted by Crippen LogP contribution is -2.42. The second-order valence-electron chi connectivity index (χ2n) is 11.8. The zero-order chi connectivity index (χ0) is 31.1. The van der Waals surface area contributed by atoms with Gasteiger partial charge in [-0.2, -0.15) is 0 Å². The molecule has 45 heavy (non-hydrogen) atoms. The molecule has 1 N–H and O–H groups in total. The van der Waals surface area contributed by atoms with Crippen molar-refractivity contribution in [3.05, 3.63) is 112 Å². The number of thiazole rings is 1. The molecule has 1 saturated heterocycles. The van der Waals surface area contributed by atoms with E-state index < -0.39 is 22.7 Å². The smallest absolute Gasteiger partial charge is 0.305 e. The maximum atomic E-state index is 14.0. The fraction of sp³-hybridized carbons (Fsp3) is 0.281. The van der Waals surface area contributed by atoms with Crippen molar-refractivity contribution in [2.45, 2.75) is 29.2 Å². The Labute approximate surface area is 278 Å². The number of nitrogens with zero attached hydrogens (tertiary/aromatic N) is 2. The number of H-pyrrole nitrogens is 1. The third kappa shape index (κ3) is 4.59. The SMILES string of the molecule is O=C1C2C3CC(C2C(=O)N1c1ccc(Br)cc1)C1C3Sc2[nH]c(=O)sc2[C@@H]1c1cc([N+](=O)[O-])ccc1OCc1cccc(Cl)c1. The number of ether oxygens (including phenoxy) is 1. The first kappa shape index (κ1) is 29.0. The molecule has 2 saturated carbocycles. The molecule has 8 rings (SSSR count). The van der Waals surface area contributed by atoms with Crippen LogP contribution in [0.3, 0.4) is 0 Å². The van der Waals surface area contributed by atoms with E-state index in [1.165, 1.54) is 17.0 Å². The number of hydrogen-bond acceptors (Lipinski definition) is 8. The third-order valence-electron chi connectivity index (χ3n) is 9.63. The van der Waals surface area contributed by atoms with Crippen LogP contribution in [0, 0.1) is 39.7 Å². The number of aromatic amines is 1. The number of aromatic nitrogens is 1. The van der Waals surface area contributed by atoms with E-state index in [4.69, 9.17) is 16.3 Å². The summed E-state index contributed by atoms with van der Waals surface area (Å²) in [5.74, 6) is -1.67. The predicted octanol–water partition coefficient (Wildman–Crippen LogP) is 7.02. The van der Waals surface area contributed by atoms with Crippen molar-refractivity contribution in [3.63, 3.8) is 0 Å². The lowest BCUT2D eigenvalue weighted by molar-refractivity contribution is -0.385. The fourth-order valence-electron chi connectivity index (χ4n) is 8.02. The Morgan fingerprint density at radius 2 is 1.78 bits per heavy atom. The van der Waals surface area contributed by atoms with Gasteiger partial charge in [-0.05, 0) is 72.2 Å². The summed E-state index contributed by atoms with van der Waals surface area (Å²) in [6.45, 7) is 0.184. The number of imide groups is 1. The monoisotopic (exact) mass is 723 g/mol. The number of halogens is 2. The summed E-state index contributed by atoms with van der Waals surface area (Å²) in [7, 11) is 0. The molecule has 2 bridgehead atoms. The van der Waals surface area contributed by atoms with Crippen molar-refractivity contribution in [1.29, 1.82) is 0 Å². The number of rotatable bonds is 6. The summed E-state index contributed by atoms with van der Waals surface area (Å²) in [6, 6.07) is 19.0. The van der Waals surface area contributed by atoms with Gasteiger partial charge >= 0.3 is 4.87 Å². The van der Waals surface area contributed by atoms with E-state index in [0.717, 1.165) is 26.3 Å². The summed E-state index contributed by atoms with van der Waals surface area (Å²) >= 11 is 12.3. The minimum absolute atomic E-state index is 0.0688. The van der Waals surface area contributed by atoms with Crippen LogP contribution >= 0.6 is 50.6 Å². The highest BCUT2D eigenvalue weighted by molar-refractivity contribution is 9.10. The van der Waals surface area contributed by atoms with E-state index in [-0.39, 0.29) is 52.0 Å². The van der Waals surface area contributed by atoms with Crippen LogP contribution < -0.4 is 14.5 Å². The Hall–Kier alpha value is -3.45. The van der Waals surface area contributed by atoms with Crippen molar-refractivity contribution in [2.24, 2.45) is 29.6 Å². The molecule has 2 aliphatic carbocycles. The van der Waals surface area contributed by atoms with E-state index in [9.17, 15) is 24.5 Å². The highest BCUT2D eigenvalue weighted by Gasteiger charge is 2.70. The maximum Gasteiger partial charge on any atom is 0.305 e. The van der Waals surface area contributed by atoms with Gasteiger partial charge in [-0.3, -0.25) is 29.4 Å². The van der Waals surface area contributed by atoms with Crippen LogP contribution in [0.4, 0.5) is 11.4 Å². The number of nitro benzene ring substituents is 1. The largest absolute Gasteiger partial charge is 0.489 e. The van der Waals surface area contributed by atoms with E-state index in [1.54, 1.807) is 42.1 Å². The Bertz CT molecular complexity index is 1960. The van der Waals surface area contributed by atoms with Crippen molar-refractivity contribution < 1.29 is 19.2 Å². The second kappa shape index (κ2) is 10.8. The van der Waals surface area contributed by atoms with Gasteiger partial charge in [0.15, 0.2) is 0 Å². The Balaban J connectivity index is 1.22. The van der Waals surface area contributed by atoms with Crippen molar-refractivity contribution in [3.8, 4) is 5.75 Å². The number of nitrogens with one attached hydrogen (secondary N) is 1. The summed E-state index contributed by atoms with van der Waals surface area (Å²) in [6.07, 6.45) is 0.701. The van der Waals surface area contributed by atoms with Crippen molar-refractivity contribution in [2.75, 3.05) is 4.90 Å². The number of carbonyl (C=O) groups is 2. The van der Waals surface area contributed by atoms with Crippen LogP contribution in [0.5, 0.6) is 5.75 Å².